The van der Waals surface area contributed by atoms with E-state index >= 15 is 0 Å². The van der Waals surface area contributed by atoms with Gasteiger partial charge in [0.15, 0.2) is 0 Å². The van der Waals surface area contributed by atoms with Crippen molar-refractivity contribution in [1.29, 1.82) is 0 Å². The second kappa shape index (κ2) is 8.68. The van der Waals surface area contributed by atoms with Gasteiger partial charge in [-0.25, -0.2) is 0 Å². The lowest BCUT2D eigenvalue weighted by atomic mass is 9.61. The highest BCUT2D eigenvalue weighted by Crippen LogP contribution is 2.51. The second-order valence-corrected chi connectivity index (χ2v) is 9.21. The summed E-state index contributed by atoms with van der Waals surface area (Å²) < 4.78 is 78.7. The number of aliphatic imine (C=N–C) groups is 2. The van der Waals surface area contributed by atoms with Gasteiger partial charge in [0, 0.05) is 0 Å². The zero-order chi connectivity index (χ0) is 26.7. The van der Waals surface area contributed by atoms with Crippen LogP contribution in [0.3, 0.4) is 0 Å². The van der Waals surface area contributed by atoms with Gasteiger partial charge >= 0.3 is 12.4 Å². The van der Waals surface area contributed by atoms with Crippen LogP contribution in [0.4, 0.5) is 37.7 Å². The molecule has 0 heterocycles. The van der Waals surface area contributed by atoms with Crippen molar-refractivity contribution in [2.45, 2.75) is 24.2 Å². The van der Waals surface area contributed by atoms with Crippen LogP contribution in [0, 0.1) is 0 Å². The average molecular weight is 520 g/mol. The Hall–Kier alpha value is -4.20. The highest BCUT2D eigenvalue weighted by Gasteiger charge is 2.45. The summed E-state index contributed by atoms with van der Waals surface area (Å²) in [5.74, 6) is -0.661. The molecule has 0 unspecified atom stereocenters. The Bertz CT molecular complexity index is 1410. The summed E-state index contributed by atoms with van der Waals surface area (Å²) in [4.78, 5) is 9.59. The fourth-order valence-corrected chi connectivity index (χ4v) is 5.27. The van der Waals surface area contributed by atoms with Gasteiger partial charge in [-0.15, -0.1) is 0 Å². The monoisotopic (exact) mass is 520 g/mol. The summed E-state index contributed by atoms with van der Waals surface area (Å²) in [6.07, 6.45) is -8.94. The molecule has 0 fully saturated rings. The number of fused-ring (bicyclic) bond motifs is 1. The van der Waals surface area contributed by atoms with Crippen LogP contribution in [0.15, 0.2) is 107 Å². The zero-order valence-corrected chi connectivity index (χ0v) is 19.6. The van der Waals surface area contributed by atoms with Crippen LogP contribution < -0.4 is 0 Å². The topological polar surface area (TPSA) is 24.7 Å². The molecule has 3 aliphatic carbocycles. The third-order valence-electron chi connectivity index (χ3n) is 6.93. The number of nitrogens with zero attached hydrogens (tertiary/aromatic N) is 2. The Morgan fingerprint density at radius 1 is 0.421 bits per heavy atom. The molecule has 4 aromatic rings. The van der Waals surface area contributed by atoms with Gasteiger partial charge in [0.05, 0.1) is 45.8 Å². The number of hydrogen-bond acceptors (Lipinski definition) is 2. The van der Waals surface area contributed by atoms with Crippen molar-refractivity contribution in [3.05, 3.63) is 130 Å². The Labute approximate surface area is 214 Å². The maximum Gasteiger partial charge on any atom is 0.416 e. The van der Waals surface area contributed by atoms with Crippen LogP contribution in [0.1, 0.15) is 45.2 Å². The van der Waals surface area contributed by atoms with E-state index in [-0.39, 0.29) is 11.8 Å². The Morgan fingerprint density at radius 3 is 0.974 bits per heavy atom. The molecule has 0 spiro atoms. The van der Waals surface area contributed by atoms with Crippen molar-refractivity contribution < 1.29 is 26.3 Å². The highest BCUT2D eigenvalue weighted by molar-refractivity contribution is 6.50. The normalized spacial score (nSPS) is 20.5. The first-order valence-electron chi connectivity index (χ1n) is 11.8. The third kappa shape index (κ3) is 4.10. The molecule has 0 saturated carbocycles. The largest absolute Gasteiger partial charge is 0.416 e. The molecule has 0 aliphatic heterocycles. The molecule has 0 radical (unpaired) electrons. The van der Waals surface area contributed by atoms with Gasteiger partial charge in [0.25, 0.3) is 0 Å². The summed E-state index contributed by atoms with van der Waals surface area (Å²) >= 11 is 0. The van der Waals surface area contributed by atoms with E-state index < -0.39 is 23.5 Å². The van der Waals surface area contributed by atoms with E-state index in [1.807, 2.05) is 48.5 Å². The molecule has 8 heteroatoms. The summed E-state index contributed by atoms with van der Waals surface area (Å²) in [6.45, 7) is 0. The van der Waals surface area contributed by atoms with E-state index in [1.165, 1.54) is 24.3 Å². The van der Waals surface area contributed by atoms with Crippen LogP contribution in [0.2, 0.25) is 0 Å². The molecule has 0 aromatic heterocycles. The summed E-state index contributed by atoms with van der Waals surface area (Å²) in [7, 11) is 0. The minimum atomic E-state index is -4.47. The first kappa shape index (κ1) is 24.2. The van der Waals surface area contributed by atoms with E-state index in [9.17, 15) is 26.3 Å². The molecule has 4 aromatic carbocycles. The molecule has 38 heavy (non-hydrogen) atoms. The Balaban J connectivity index is 1.55. The number of alkyl halides is 6. The second-order valence-electron chi connectivity index (χ2n) is 9.21. The minimum Gasteiger partial charge on any atom is -0.251 e. The van der Waals surface area contributed by atoms with Gasteiger partial charge in [0.1, 0.15) is 0 Å². The van der Waals surface area contributed by atoms with E-state index in [0.717, 1.165) is 46.5 Å². The van der Waals surface area contributed by atoms with Crippen LogP contribution in [-0.4, -0.2) is 11.4 Å². The zero-order valence-electron chi connectivity index (χ0n) is 19.6. The highest BCUT2D eigenvalue weighted by atomic mass is 19.4. The lowest BCUT2D eigenvalue weighted by Crippen LogP contribution is -2.40. The van der Waals surface area contributed by atoms with E-state index in [4.69, 9.17) is 9.98 Å². The third-order valence-corrected chi connectivity index (χ3v) is 6.93. The quantitative estimate of drug-likeness (QED) is 0.236. The van der Waals surface area contributed by atoms with Gasteiger partial charge in [-0.1, -0.05) is 48.5 Å². The molecule has 7 rings (SSSR count). The fourth-order valence-electron chi connectivity index (χ4n) is 5.27. The molecule has 190 valence electrons. The van der Waals surface area contributed by atoms with E-state index in [2.05, 4.69) is 0 Å². The van der Waals surface area contributed by atoms with Crippen molar-refractivity contribution in [3.8, 4) is 0 Å². The molecule has 2 nitrogen and oxygen atoms in total. The fraction of sp³-hybridized carbons (Fsp3) is 0.133. The Kier molecular flexibility index (Phi) is 5.52. The van der Waals surface area contributed by atoms with Gasteiger partial charge in [-0.2, -0.15) is 26.3 Å². The van der Waals surface area contributed by atoms with Crippen molar-refractivity contribution >= 4 is 22.8 Å². The number of halogens is 6. The molecular weight excluding hydrogens is 502 g/mol. The number of benzene rings is 4. The maximum absolute atomic E-state index is 13.1. The van der Waals surface area contributed by atoms with Gasteiger partial charge in [0.2, 0.25) is 0 Å². The minimum absolute atomic E-state index is 0.329. The van der Waals surface area contributed by atoms with Crippen molar-refractivity contribution in [3.63, 3.8) is 0 Å². The average Bonchev–Trinajstić information content (AvgIpc) is 2.89. The van der Waals surface area contributed by atoms with Gasteiger partial charge in [-0.05, 0) is 70.8 Å². The molecule has 0 N–H and O–H groups in total. The molecule has 0 amide bonds. The first-order valence-corrected chi connectivity index (χ1v) is 11.8. The molecule has 2 bridgehead atoms. The summed E-state index contributed by atoms with van der Waals surface area (Å²) in [5, 5.41) is 0. The lowest BCUT2D eigenvalue weighted by Gasteiger charge is -2.42. The van der Waals surface area contributed by atoms with Crippen molar-refractivity contribution in [1.82, 2.24) is 0 Å². The maximum atomic E-state index is 13.1. The molecule has 0 atom stereocenters. The van der Waals surface area contributed by atoms with E-state index in [0.29, 0.717) is 22.8 Å². The standard InChI is InChI=1S/C30H18F6N2/c31-29(32,33)17-9-13-19(14-10-17)37-27-25-21-5-1-2-6-22(21)26(24-8-4-3-7-23(24)25)28(27)38-20-15-11-18(12-16-20)30(34,35)36/h1-16,25-26H. The van der Waals surface area contributed by atoms with Gasteiger partial charge < -0.3 is 0 Å². The van der Waals surface area contributed by atoms with E-state index in [1.54, 1.807) is 0 Å². The van der Waals surface area contributed by atoms with Crippen molar-refractivity contribution in [2.75, 3.05) is 0 Å². The number of hydrogen-bond donors (Lipinski definition) is 0. The van der Waals surface area contributed by atoms with Gasteiger partial charge in [-0.3, -0.25) is 9.98 Å². The van der Waals surface area contributed by atoms with Crippen molar-refractivity contribution in [2.24, 2.45) is 9.98 Å². The first-order chi connectivity index (χ1) is 18.1. The predicted octanol–water partition coefficient (Wildman–Crippen LogP) is 8.86. The predicted molar refractivity (Wildman–Crippen MR) is 134 cm³/mol. The lowest BCUT2D eigenvalue weighted by molar-refractivity contribution is -0.138. The van der Waals surface area contributed by atoms with Crippen LogP contribution in [0.5, 0.6) is 0 Å². The molecule has 0 saturated heterocycles. The van der Waals surface area contributed by atoms with Crippen LogP contribution in [0.25, 0.3) is 0 Å². The molecule has 3 aliphatic rings. The Morgan fingerprint density at radius 2 is 0.711 bits per heavy atom. The summed E-state index contributed by atoms with van der Waals surface area (Å²) in [5.41, 5.74) is 4.32. The van der Waals surface area contributed by atoms with Crippen LogP contribution in [-0.2, 0) is 12.4 Å². The van der Waals surface area contributed by atoms with Crippen LogP contribution >= 0.6 is 0 Å². The smallest absolute Gasteiger partial charge is 0.251 e. The molecular formula is C30H18F6N2. The SMILES string of the molecule is FC(F)(F)c1ccc(N=C2C(=Nc3ccc(C(F)(F)F)cc3)C3c4ccccc4C2c2ccccc23)cc1. The number of rotatable bonds is 2. The summed E-state index contributed by atoms with van der Waals surface area (Å²) in [6, 6.07) is 24.9.